The Hall–Kier alpha value is -3.16. The third-order valence-electron chi connectivity index (χ3n) is 5.46. The SMILES string of the molecule is C[C@@H]1Cc2ccccc2N1C(=O)CSc1nnc(-c2ccncc2)n1-c1ccc(Cl)cc1. The first-order valence-corrected chi connectivity index (χ1v) is 11.6. The Morgan fingerprint density at radius 2 is 1.81 bits per heavy atom. The highest BCUT2D eigenvalue weighted by Crippen LogP contribution is 2.33. The monoisotopic (exact) mass is 461 g/mol. The molecule has 0 spiro atoms. The van der Waals surface area contributed by atoms with Gasteiger partial charge in [0.25, 0.3) is 0 Å². The van der Waals surface area contributed by atoms with Gasteiger partial charge in [0.15, 0.2) is 11.0 Å². The van der Waals surface area contributed by atoms with Gasteiger partial charge in [-0.2, -0.15) is 0 Å². The molecule has 0 radical (unpaired) electrons. The lowest BCUT2D eigenvalue weighted by atomic mass is 10.1. The molecule has 0 saturated carbocycles. The molecule has 32 heavy (non-hydrogen) atoms. The average molecular weight is 462 g/mol. The fourth-order valence-corrected chi connectivity index (χ4v) is 4.95. The first-order chi connectivity index (χ1) is 15.6. The van der Waals surface area contributed by atoms with Gasteiger partial charge in [-0.25, -0.2) is 0 Å². The van der Waals surface area contributed by atoms with Crippen molar-refractivity contribution < 1.29 is 4.79 Å². The van der Waals surface area contributed by atoms with Gasteiger partial charge < -0.3 is 4.90 Å². The summed E-state index contributed by atoms with van der Waals surface area (Å²) in [6, 6.07) is 19.5. The molecule has 1 aliphatic rings. The molecule has 0 bridgehead atoms. The Labute approximate surface area is 195 Å². The van der Waals surface area contributed by atoms with Crippen LogP contribution in [-0.2, 0) is 11.2 Å². The molecule has 2 aromatic heterocycles. The van der Waals surface area contributed by atoms with Gasteiger partial charge in [0.05, 0.1) is 5.75 Å². The molecule has 1 atom stereocenters. The number of thioether (sulfide) groups is 1. The first kappa shape index (κ1) is 20.7. The topological polar surface area (TPSA) is 63.9 Å². The second-order valence-electron chi connectivity index (χ2n) is 7.59. The Morgan fingerprint density at radius 3 is 2.59 bits per heavy atom. The van der Waals surface area contributed by atoms with Crippen molar-refractivity contribution in [2.45, 2.75) is 24.5 Å². The number of aromatic nitrogens is 4. The molecule has 0 saturated heterocycles. The van der Waals surface area contributed by atoms with E-state index in [9.17, 15) is 4.79 Å². The van der Waals surface area contributed by atoms with Gasteiger partial charge in [0.1, 0.15) is 0 Å². The number of hydrogen-bond donors (Lipinski definition) is 0. The zero-order valence-electron chi connectivity index (χ0n) is 17.4. The third-order valence-corrected chi connectivity index (χ3v) is 6.62. The standard InChI is InChI=1S/C24H20ClN5OS/c1-16-14-18-4-2-3-5-21(18)29(16)22(31)15-32-24-28-27-23(17-10-12-26-13-11-17)30(24)20-8-6-19(25)7-9-20/h2-13,16H,14-15H2,1H3/t16-/m1/s1. The molecule has 0 N–H and O–H groups in total. The van der Waals surface area contributed by atoms with Gasteiger partial charge in [-0.3, -0.25) is 14.3 Å². The van der Waals surface area contributed by atoms with Crippen molar-refractivity contribution in [3.63, 3.8) is 0 Å². The van der Waals surface area contributed by atoms with Crippen LogP contribution in [0.15, 0.2) is 78.2 Å². The lowest BCUT2D eigenvalue weighted by Crippen LogP contribution is -2.37. The summed E-state index contributed by atoms with van der Waals surface area (Å²) < 4.78 is 1.95. The summed E-state index contributed by atoms with van der Waals surface area (Å²) in [6.07, 6.45) is 4.32. The van der Waals surface area contributed by atoms with E-state index >= 15 is 0 Å². The molecule has 8 heteroatoms. The molecule has 160 valence electrons. The molecular formula is C24H20ClN5OS. The highest BCUT2D eigenvalue weighted by Gasteiger charge is 2.30. The van der Waals surface area contributed by atoms with Gasteiger partial charge in [-0.1, -0.05) is 41.6 Å². The van der Waals surface area contributed by atoms with Gasteiger partial charge >= 0.3 is 0 Å². The lowest BCUT2D eigenvalue weighted by Gasteiger charge is -2.22. The number of carbonyl (C=O) groups excluding carboxylic acids is 1. The van der Waals surface area contributed by atoms with E-state index in [2.05, 4.69) is 28.2 Å². The number of amides is 1. The summed E-state index contributed by atoms with van der Waals surface area (Å²) in [5.74, 6) is 1.01. The van der Waals surface area contributed by atoms with Crippen LogP contribution in [0.3, 0.4) is 0 Å². The second-order valence-corrected chi connectivity index (χ2v) is 8.97. The fourth-order valence-electron chi connectivity index (χ4n) is 4.02. The van der Waals surface area contributed by atoms with E-state index in [4.69, 9.17) is 11.6 Å². The number of hydrogen-bond acceptors (Lipinski definition) is 5. The number of para-hydroxylation sites is 1. The Morgan fingerprint density at radius 1 is 1.06 bits per heavy atom. The molecule has 5 rings (SSSR count). The van der Waals surface area contributed by atoms with E-state index < -0.39 is 0 Å². The summed E-state index contributed by atoms with van der Waals surface area (Å²) in [5, 5.41) is 10.1. The normalized spacial score (nSPS) is 15.1. The summed E-state index contributed by atoms with van der Waals surface area (Å²) in [6.45, 7) is 2.08. The van der Waals surface area contributed by atoms with Crippen LogP contribution >= 0.6 is 23.4 Å². The Bertz CT molecular complexity index is 1260. The van der Waals surface area contributed by atoms with E-state index in [0.29, 0.717) is 16.0 Å². The quantitative estimate of drug-likeness (QED) is 0.389. The van der Waals surface area contributed by atoms with Crippen molar-refractivity contribution in [2.75, 3.05) is 10.7 Å². The van der Waals surface area contributed by atoms with E-state index in [1.54, 1.807) is 12.4 Å². The molecule has 0 unspecified atom stereocenters. The van der Waals surface area contributed by atoms with Crippen LogP contribution in [0.1, 0.15) is 12.5 Å². The molecule has 1 amide bonds. The zero-order chi connectivity index (χ0) is 22.1. The van der Waals surface area contributed by atoms with Gasteiger partial charge in [0, 0.05) is 40.4 Å². The van der Waals surface area contributed by atoms with E-state index in [1.807, 2.05) is 64.1 Å². The highest BCUT2D eigenvalue weighted by atomic mass is 35.5. The summed E-state index contributed by atoms with van der Waals surface area (Å²) in [5.41, 5.74) is 3.98. The van der Waals surface area contributed by atoms with Crippen molar-refractivity contribution >= 4 is 35.0 Å². The van der Waals surface area contributed by atoms with Crippen LogP contribution in [0, 0.1) is 0 Å². The average Bonchev–Trinajstić information content (AvgIpc) is 3.39. The Kier molecular flexibility index (Phi) is 5.68. The Balaban J connectivity index is 1.45. The van der Waals surface area contributed by atoms with Gasteiger partial charge in [0.2, 0.25) is 5.91 Å². The largest absolute Gasteiger partial charge is 0.308 e. The molecule has 3 heterocycles. The maximum atomic E-state index is 13.2. The molecule has 6 nitrogen and oxygen atoms in total. The summed E-state index contributed by atoms with van der Waals surface area (Å²) in [7, 11) is 0. The third kappa shape index (κ3) is 3.89. The molecular weight excluding hydrogens is 442 g/mol. The maximum Gasteiger partial charge on any atom is 0.237 e. The van der Waals surface area contributed by atoms with Crippen LogP contribution in [-0.4, -0.2) is 37.5 Å². The van der Waals surface area contributed by atoms with Gasteiger partial charge in [-0.05, 0) is 61.4 Å². The number of nitrogens with zero attached hydrogens (tertiary/aromatic N) is 5. The fraction of sp³-hybridized carbons (Fsp3) is 0.167. The molecule has 0 fully saturated rings. The van der Waals surface area contributed by atoms with Crippen molar-refractivity contribution in [3.05, 3.63) is 83.6 Å². The van der Waals surface area contributed by atoms with Gasteiger partial charge in [-0.15, -0.1) is 10.2 Å². The molecule has 1 aliphatic heterocycles. The summed E-state index contributed by atoms with van der Waals surface area (Å²) >= 11 is 7.48. The number of carbonyl (C=O) groups is 1. The van der Waals surface area contributed by atoms with E-state index in [1.165, 1.54) is 17.3 Å². The van der Waals surface area contributed by atoms with Crippen molar-refractivity contribution in [2.24, 2.45) is 0 Å². The first-order valence-electron chi connectivity index (χ1n) is 10.3. The molecule has 4 aromatic rings. The second kappa shape index (κ2) is 8.76. The molecule has 2 aromatic carbocycles. The van der Waals surface area contributed by atoms with Crippen LogP contribution in [0.2, 0.25) is 5.02 Å². The minimum absolute atomic E-state index is 0.0589. The zero-order valence-corrected chi connectivity index (χ0v) is 18.9. The molecule has 0 aliphatic carbocycles. The van der Waals surface area contributed by atoms with Crippen molar-refractivity contribution in [3.8, 4) is 17.1 Å². The van der Waals surface area contributed by atoms with Crippen molar-refractivity contribution in [1.82, 2.24) is 19.7 Å². The lowest BCUT2D eigenvalue weighted by molar-refractivity contribution is -0.116. The number of benzene rings is 2. The smallest absolute Gasteiger partial charge is 0.237 e. The van der Waals surface area contributed by atoms with E-state index in [0.717, 1.165) is 23.4 Å². The summed E-state index contributed by atoms with van der Waals surface area (Å²) in [4.78, 5) is 19.2. The number of pyridine rings is 1. The predicted octanol–water partition coefficient (Wildman–Crippen LogP) is 5.05. The predicted molar refractivity (Wildman–Crippen MR) is 127 cm³/mol. The van der Waals surface area contributed by atoms with E-state index in [-0.39, 0.29) is 17.7 Å². The maximum absolute atomic E-state index is 13.2. The minimum Gasteiger partial charge on any atom is -0.308 e. The van der Waals surface area contributed by atoms with Crippen LogP contribution in [0.5, 0.6) is 0 Å². The number of halogens is 1. The van der Waals surface area contributed by atoms with Crippen molar-refractivity contribution in [1.29, 1.82) is 0 Å². The highest BCUT2D eigenvalue weighted by molar-refractivity contribution is 7.99. The number of anilines is 1. The van der Waals surface area contributed by atoms with Crippen LogP contribution in [0.4, 0.5) is 5.69 Å². The number of rotatable bonds is 5. The van der Waals surface area contributed by atoms with Crippen LogP contribution < -0.4 is 4.90 Å². The van der Waals surface area contributed by atoms with Crippen LogP contribution in [0.25, 0.3) is 17.1 Å². The minimum atomic E-state index is 0.0589. The number of fused-ring (bicyclic) bond motifs is 1.